The Labute approximate surface area is 110 Å². The van der Waals surface area contributed by atoms with Crippen LogP contribution in [0.25, 0.3) is 10.4 Å². The van der Waals surface area contributed by atoms with E-state index in [4.69, 9.17) is 0 Å². The van der Waals surface area contributed by atoms with Crippen LogP contribution in [0.1, 0.15) is 38.1 Å². The molecule has 2 rings (SSSR count). The number of hydrogen-bond acceptors (Lipinski definition) is 1. The minimum absolute atomic E-state index is 1.32. The molecular formula is C16H24S. The molecule has 0 saturated carbocycles. The monoisotopic (exact) mass is 248 g/mol. The van der Waals surface area contributed by atoms with Gasteiger partial charge in [-0.1, -0.05) is 57.5 Å². The van der Waals surface area contributed by atoms with E-state index in [1.165, 1.54) is 20.9 Å². The molecule has 0 N–H and O–H groups in total. The SMILES string of the molecule is CC.CC.Cc1ccc(-c2ccc(C)s2)cc1. The first-order valence-corrected chi connectivity index (χ1v) is 7.21. The van der Waals surface area contributed by atoms with Crippen molar-refractivity contribution in [2.75, 3.05) is 0 Å². The molecule has 0 nitrogen and oxygen atoms in total. The Kier molecular flexibility index (Phi) is 8.43. The fourth-order valence-corrected chi connectivity index (χ4v) is 2.18. The number of hydrogen-bond donors (Lipinski definition) is 0. The van der Waals surface area contributed by atoms with Gasteiger partial charge in [-0.2, -0.15) is 0 Å². The summed E-state index contributed by atoms with van der Waals surface area (Å²) in [7, 11) is 0. The molecule has 0 saturated heterocycles. The number of rotatable bonds is 1. The van der Waals surface area contributed by atoms with Gasteiger partial charge in [0.1, 0.15) is 0 Å². The minimum Gasteiger partial charge on any atom is -0.141 e. The fourth-order valence-electron chi connectivity index (χ4n) is 1.31. The highest BCUT2D eigenvalue weighted by molar-refractivity contribution is 7.15. The van der Waals surface area contributed by atoms with Gasteiger partial charge in [-0.05, 0) is 31.5 Å². The lowest BCUT2D eigenvalue weighted by Gasteiger charge is -1.97. The zero-order valence-electron chi connectivity index (χ0n) is 11.9. The Hall–Kier alpha value is -1.08. The summed E-state index contributed by atoms with van der Waals surface area (Å²) in [5.74, 6) is 0. The standard InChI is InChI=1S/C12H12S.2C2H6/c1-9-3-6-11(7-4-9)12-8-5-10(2)13-12;2*1-2/h3-8H,1-2H3;2*1-2H3. The zero-order chi connectivity index (χ0) is 13.3. The summed E-state index contributed by atoms with van der Waals surface area (Å²) in [6.45, 7) is 12.3. The topological polar surface area (TPSA) is 0 Å². The van der Waals surface area contributed by atoms with Crippen LogP contribution in [0.5, 0.6) is 0 Å². The van der Waals surface area contributed by atoms with E-state index in [1.54, 1.807) is 0 Å². The first-order chi connectivity index (χ1) is 8.25. The molecule has 0 spiro atoms. The van der Waals surface area contributed by atoms with E-state index in [1.807, 2.05) is 39.0 Å². The van der Waals surface area contributed by atoms with Gasteiger partial charge in [-0.15, -0.1) is 11.3 Å². The van der Waals surface area contributed by atoms with Crippen molar-refractivity contribution >= 4 is 11.3 Å². The van der Waals surface area contributed by atoms with Crippen molar-refractivity contribution < 1.29 is 0 Å². The van der Waals surface area contributed by atoms with Gasteiger partial charge in [0.15, 0.2) is 0 Å². The van der Waals surface area contributed by atoms with Gasteiger partial charge in [0.2, 0.25) is 0 Å². The average molecular weight is 248 g/mol. The second-order valence-corrected chi connectivity index (χ2v) is 4.56. The summed E-state index contributed by atoms with van der Waals surface area (Å²) < 4.78 is 0. The van der Waals surface area contributed by atoms with Gasteiger partial charge in [0.05, 0.1) is 0 Å². The largest absolute Gasteiger partial charge is 0.141 e. The number of thiophene rings is 1. The average Bonchev–Trinajstić information content (AvgIpc) is 2.82. The highest BCUT2D eigenvalue weighted by Crippen LogP contribution is 2.27. The minimum atomic E-state index is 1.32. The van der Waals surface area contributed by atoms with Crippen molar-refractivity contribution in [2.24, 2.45) is 0 Å². The third-order valence-electron chi connectivity index (χ3n) is 2.08. The predicted octanol–water partition coefficient (Wildman–Crippen LogP) is 6.08. The molecule has 94 valence electrons. The Bertz CT molecular complexity index is 396. The van der Waals surface area contributed by atoms with Crippen molar-refractivity contribution in [2.45, 2.75) is 41.5 Å². The summed E-state index contributed by atoms with van der Waals surface area (Å²) in [5.41, 5.74) is 2.64. The third-order valence-corrected chi connectivity index (χ3v) is 3.13. The van der Waals surface area contributed by atoms with Gasteiger partial charge in [0, 0.05) is 9.75 Å². The lowest BCUT2D eigenvalue weighted by atomic mass is 10.1. The molecular weight excluding hydrogens is 224 g/mol. The Morgan fingerprint density at radius 1 is 0.706 bits per heavy atom. The Morgan fingerprint density at radius 3 is 1.65 bits per heavy atom. The van der Waals surface area contributed by atoms with E-state index in [0.29, 0.717) is 0 Å². The molecule has 0 aliphatic carbocycles. The molecule has 0 radical (unpaired) electrons. The van der Waals surface area contributed by atoms with Crippen molar-refractivity contribution in [1.29, 1.82) is 0 Å². The molecule has 0 bridgehead atoms. The van der Waals surface area contributed by atoms with E-state index in [0.717, 1.165) is 0 Å². The van der Waals surface area contributed by atoms with Crippen LogP contribution in [0.15, 0.2) is 36.4 Å². The zero-order valence-corrected chi connectivity index (χ0v) is 12.7. The Morgan fingerprint density at radius 2 is 1.24 bits per heavy atom. The van der Waals surface area contributed by atoms with Crippen LogP contribution >= 0.6 is 11.3 Å². The van der Waals surface area contributed by atoms with Crippen LogP contribution < -0.4 is 0 Å². The van der Waals surface area contributed by atoms with Crippen molar-refractivity contribution in [3.63, 3.8) is 0 Å². The molecule has 0 amide bonds. The maximum atomic E-state index is 2.19. The molecule has 2 aromatic rings. The van der Waals surface area contributed by atoms with Crippen molar-refractivity contribution in [1.82, 2.24) is 0 Å². The molecule has 0 atom stereocenters. The quantitative estimate of drug-likeness (QED) is 0.573. The maximum absolute atomic E-state index is 2.19. The molecule has 1 aromatic heterocycles. The summed E-state index contributed by atoms with van der Waals surface area (Å²) in [6, 6.07) is 13.0. The van der Waals surface area contributed by atoms with E-state index in [2.05, 4.69) is 50.2 Å². The lowest BCUT2D eigenvalue weighted by Crippen LogP contribution is -1.72. The number of benzene rings is 1. The van der Waals surface area contributed by atoms with Crippen LogP contribution in [0.4, 0.5) is 0 Å². The van der Waals surface area contributed by atoms with Crippen LogP contribution in [-0.2, 0) is 0 Å². The van der Waals surface area contributed by atoms with E-state index in [9.17, 15) is 0 Å². The van der Waals surface area contributed by atoms with Crippen LogP contribution in [-0.4, -0.2) is 0 Å². The van der Waals surface area contributed by atoms with Crippen LogP contribution in [0.3, 0.4) is 0 Å². The van der Waals surface area contributed by atoms with Gasteiger partial charge in [-0.25, -0.2) is 0 Å². The number of aryl methyl sites for hydroxylation is 2. The van der Waals surface area contributed by atoms with Crippen LogP contribution in [0, 0.1) is 13.8 Å². The van der Waals surface area contributed by atoms with Crippen molar-refractivity contribution in [3.8, 4) is 10.4 Å². The van der Waals surface area contributed by atoms with Gasteiger partial charge < -0.3 is 0 Å². The molecule has 0 fully saturated rings. The van der Waals surface area contributed by atoms with Crippen LogP contribution in [0.2, 0.25) is 0 Å². The fraction of sp³-hybridized carbons (Fsp3) is 0.375. The summed E-state index contributed by atoms with van der Waals surface area (Å²) >= 11 is 1.85. The molecule has 0 aliphatic rings. The molecule has 1 heterocycles. The van der Waals surface area contributed by atoms with E-state index in [-0.39, 0.29) is 0 Å². The first kappa shape index (κ1) is 15.9. The molecule has 1 heteroatoms. The second kappa shape index (κ2) is 9.00. The molecule has 0 aliphatic heterocycles. The summed E-state index contributed by atoms with van der Waals surface area (Å²) in [4.78, 5) is 2.73. The third kappa shape index (κ3) is 5.18. The molecule has 0 unspecified atom stereocenters. The molecule has 1 aromatic carbocycles. The normalized spacial score (nSPS) is 8.59. The Balaban J connectivity index is 0.000000581. The van der Waals surface area contributed by atoms with Gasteiger partial charge in [0.25, 0.3) is 0 Å². The smallest absolute Gasteiger partial charge is 0.0345 e. The lowest BCUT2D eigenvalue weighted by molar-refractivity contribution is 1.48. The predicted molar refractivity (Wildman–Crippen MR) is 81.9 cm³/mol. The van der Waals surface area contributed by atoms with Gasteiger partial charge >= 0.3 is 0 Å². The van der Waals surface area contributed by atoms with Gasteiger partial charge in [-0.3, -0.25) is 0 Å². The summed E-state index contributed by atoms with van der Waals surface area (Å²) in [5, 5.41) is 0. The first-order valence-electron chi connectivity index (χ1n) is 6.39. The van der Waals surface area contributed by atoms with E-state index < -0.39 is 0 Å². The highest BCUT2D eigenvalue weighted by atomic mass is 32.1. The second-order valence-electron chi connectivity index (χ2n) is 3.28. The van der Waals surface area contributed by atoms with Crippen molar-refractivity contribution in [3.05, 3.63) is 46.8 Å². The highest BCUT2D eigenvalue weighted by Gasteiger charge is 1.98. The summed E-state index contributed by atoms with van der Waals surface area (Å²) in [6.07, 6.45) is 0. The molecule has 17 heavy (non-hydrogen) atoms. The maximum Gasteiger partial charge on any atom is 0.0345 e. The van der Waals surface area contributed by atoms with E-state index >= 15 is 0 Å².